The summed E-state index contributed by atoms with van der Waals surface area (Å²) in [6, 6.07) is 11.8. The van der Waals surface area contributed by atoms with Crippen LogP contribution in [0.5, 0.6) is 0 Å². The van der Waals surface area contributed by atoms with Crippen LogP contribution in [-0.2, 0) is 11.3 Å². The molecular weight excluding hydrogens is 434 g/mol. The molecule has 0 atom stereocenters. The molecule has 0 aliphatic heterocycles. The van der Waals surface area contributed by atoms with Gasteiger partial charge in [0.15, 0.2) is 0 Å². The molecule has 0 unspecified atom stereocenters. The number of carbonyl (C=O) groups is 1. The predicted molar refractivity (Wildman–Crippen MR) is 108 cm³/mol. The van der Waals surface area contributed by atoms with Gasteiger partial charge in [-0.15, -0.1) is 33.3 Å². The third kappa shape index (κ3) is 5.18. The molecule has 8 heteroatoms. The van der Waals surface area contributed by atoms with E-state index in [-0.39, 0.29) is 5.91 Å². The van der Waals surface area contributed by atoms with E-state index in [9.17, 15) is 4.79 Å². The van der Waals surface area contributed by atoms with Crippen molar-refractivity contribution < 1.29 is 9.21 Å². The van der Waals surface area contributed by atoms with E-state index in [4.69, 9.17) is 4.42 Å². The summed E-state index contributed by atoms with van der Waals surface area (Å²) in [5, 5.41) is 10.1. The van der Waals surface area contributed by atoms with E-state index in [2.05, 4.69) is 26.1 Å². The van der Waals surface area contributed by atoms with Gasteiger partial charge in [-0.3, -0.25) is 4.79 Å². The maximum absolute atomic E-state index is 12.6. The molecule has 0 spiro atoms. The zero-order chi connectivity index (χ0) is 18.4. The molecule has 2 aromatic heterocycles. The minimum atomic E-state index is 0.0627. The van der Waals surface area contributed by atoms with Crippen LogP contribution in [0.3, 0.4) is 0 Å². The lowest BCUT2D eigenvalue weighted by Gasteiger charge is -2.20. The summed E-state index contributed by atoms with van der Waals surface area (Å²) in [6.45, 7) is 3.05. The Bertz CT molecular complexity index is 852. The predicted octanol–water partition coefficient (Wildman–Crippen LogP) is 5.09. The Hall–Kier alpha value is -1.64. The van der Waals surface area contributed by atoms with Crippen LogP contribution in [0, 0.1) is 0 Å². The highest BCUT2D eigenvalue weighted by molar-refractivity contribution is 9.10. The van der Waals surface area contributed by atoms with Gasteiger partial charge in [0.25, 0.3) is 5.89 Å². The number of hydrogen-bond acceptors (Lipinski definition) is 6. The number of hydrogen-bond donors (Lipinski definition) is 0. The zero-order valence-electron chi connectivity index (χ0n) is 14.2. The lowest BCUT2D eigenvalue weighted by atomic mass is 10.4. The van der Waals surface area contributed by atoms with Gasteiger partial charge in [0.2, 0.25) is 11.8 Å². The molecule has 0 saturated heterocycles. The van der Waals surface area contributed by atoms with Crippen molar-refractivity contribution in [2.24, 2.45) is 0 Å². The van der Waals surface area contributed by atoms with Gasteiger partial charge in [-0.05, 0) is 36.1 Å². The SMILES string of the molecule is CCCN(Cc1nnc(-c2cccs2)o1)C(=O)CSc1cccc(Br)c1. The van der Waals surface area contributed by atoms with Gasteiger partial charge in [0.05, 0.1) is 17.2 Å². The van der Waals surface area contributed by atoms with Crippen LogP contribution in [-0.4, -0.2) is 33.3 Å². The number of nitrogens with zero attached hydrogens (tertiary/aromatic N) is 3. The highest BCUT2D eigenvalue weighted by Gasteiger charge is 2.18. The topological polar surface area (TPSA) is 59.2 Å². The van der Waals surface area contributed by atoms with Crippen LogP contribution in [0.25, 0.3) is 10.8 Å². The largest absolute Gasteiger partial charge is 0.418 e. The molecule has 0 aliphatic rings. The lowest BCUT2D eigenvalue weighted by molar-refractivity contribution is -0.129. The van der Waals surface area contributed by atoms with Crippen LogP contribution in [0.4, 0.5) is 0 Å². The van der Waals surface area contributed by atoms with E-state index in [1.807, 2.05) is 48.7 Å². The summed E-state index contributed by atoms with van der Waals surface area (Å²) in [7, 11) is 0. The maximum Gasteiger partial charge on any atom is 0.257 e. The minimum absolute atomic E-state index is 0.0627. The Morgan fingerprint density at radius 1 is 1.31 bits per heavy atom. The van der Waals surface area contributed by atoms with Gasteiger partial charge in [0.1, 0.15) is 0 Å². The van der Waals surface area contributed by atoms with Gasteiger partial charge in [-0.2, -0.15) is 0 Å². The molecule has 0 bridgehead atoms. The smallest absolute Gasteiger partial charge is 0.257 e. The van der Waals surface area contributed by atoms with E-state index in [0.29, 0.717) is 30.6 Å². The van der Waals surface area contributed by atoms with Crippen molar-refractivity contribution in [1.82, 2.24) is 15.1 Å². The van der Waals surface area contributed by atoms with Crippen LogP contribution in [0.2, 0.25) is 0 Å². The molecule has 136 valence electrons. The van der Waals surface area contributed by atoms with Gasteiger partial charge in [-0.1, -0.05) is 35.0 Å². The molecule has 1 aromatic carbocycles. The third-order valence-corrected chi connectivity index (χ3v) is 5.86. The number of thioether (sulfide) groups is 1. The second kappa shape index (κ2) is 9.34. The Kier molecular flexibility index (Phi) is 6.87. The Morgan fingerprint density at radius 3 is 2.92 bits per heavy atom. The average Bonchev–Trinajstić information content (AvgIpc) is 3.31. The molecule has 0 fully saturated rings. The van der Waals surface area contributed by atoms with Crippen LogP contribution < -0.4 is 0 Å². The molecule has 3 rings (SSSR count). The first-order chi connectivity index (χ1) is 12.7. The lowest BCUT2D eigenvalue weighted by Crippen LogP contribution is -2.32. The minimum Gasteiger partial charge on any atom is -0.418 e. The fourth-order valence-electron chi connectivity index (χ4n) is 2.34. The quantitative estimate of drug-likeness (QED) is 0.446. The Balaban J connectivity index is 1.62. The highest BCUT2D eigenvalue weighted by Crippen LogP contribution is 2.24. The second-order valence-corrected chi connectivity index (χ2v) is 8.45. The van der Waals surface area contributed by atoms with Gasteiger partial charge < -0.3 is 9.32 Å². The standard InChI is InChI=1S/C18H18BrN3O2S2/c1-2-8-22(17(23)12-26-14-6-3-5-13(19)10-14)11-16-20-21-18(24-16)15-7-4-9-25-15/h3-7,9-10H,2,8,11-12H2,1H3. The number of thiophene rings is 1. The number of carbonyl (C=O) groups excluding carboxylic acids is 1. The monoisotopic (exact) mass is 451 g/mol. The zero-order valence-corrected chi connectivity index (χ0v) is 17.4. The second-order valence-electron chi connectivity index (χ2n) is 5.54. The molecule has 0 N–H and O–H groups in total. The Morgan fingerprint density at radius 2 is 2.19 bits per heavy atom. The maximum atomic E-state index is 12.6. The van der Waals surface area contributed by atoms with E-state index in [1.54, 1.807) is 16.2 Å². The van der Waals surface area contributed by atoms with Crippen LogP contribution in [0.1, 0.15) is 19.2 Å². The van der Waals surface area contributed by atoms with Crippen molar-refractivity contribution in [3.05, 3.63) is 52.1 Å². The van der Waals surface area contributed by atoms with Gasteiger partial charge in [-0.25, -0.2) is 0 Å². The van der Waals surface area contributed by atoms with E-state index in [0.717, 1.165) is 20.7 Å². The first-order valence-electron chi connectivity index (χ1n) is 8.18. The van der Waals surface area contributed by atoms with Crippen LogP contribution >= 0.6 is 39.0 Å². The van der Waals surface area contributed by atoms with Crippen molar-refractivity contribution in [3.63, 3.8) is 0 Å². The van der Waals surface area contributed by atoms with E-state index in [1.165, 1.54) is 11.8 Å². The first kappa shape index (κ1) is 19.1. The molecule has 3 aromatic rings. The van der Waals surface area contributed by atoms with Crippen molar-refractivity contribution in [2.75, 3.05) is 12.3 Å². The van der Waals surface area contributed by atoms with Crippen molar-refractivity contribution >= 4 is 44.9 Å². The molecule has 26 heavy (non-hydrogen) atoms. The molecular formula is C18H18BrN3O2S2. The fourth-order valence-corrected chi connectivity index (χ4v) is 4.39. The molecule has 5 nitrogen and oxygen atoms in total. The number of benzene rings is 1. The average molecular weight is 452 g/mol. The van der Waals surface area contributed by atoms with Gasteiger partial charge in [0, 0.05) is 15.9 Å². The third-order valence-electron chi connectivity index (χ3n) is 3.53. The summed E-state index contributed by atoms with van der Waals surface area (Å²) in [5.74, 6) is 1.40. The fraction of sp³-hybridized carbons (Fsp3) is 0.278. The highest BCUT2D eigenvalue weighted by atomic mass is 79.9. The Labute approximate surface area is 168 Å². The summed E-state index contributed by atoms with van der Waals surface area (Å²) >= 11 is 6.52. The number of halogens is 1. The summed E-state index contributed by atoms with van der Waals surface area (Å²) < 4.78 is 6.72. The number of rotatable bonds is 8. The van der Waals surface area contributed by atoms with E-state index < -0.39 is 0 Å². The molecule has 1 amide bonds. The summed E-state index contributed by atoms with van der Waals surface area (Å²) in [6.07, 6.45) is 0.874. The number of aromatic nitrogens is 2. The summed E-state index contributed by atoms with van der Waals surface area (Å²) in [5.41, 5.74) is 0. The molecule has 0 saturated carbocycles. The van der Waals surface area contributed by atoms with Crippen molar-refractivity contribution in [2.45, 2.75) is 24.8 Å². The van der Waals surface area contributed by atoms with Gasteiger partial charge >= 0.3 is 0 Å². The van der Waals surface area contributed by atoms with Crippen molar-refractivity contribution in [1.29, 1.82) is 0 Å². The summed E-state index contributed by atoms with van der Waals surface area (Å²) in [4.78, 5) is 16.4. The molecule has 0 radical (unpaired) electrons. The van der Waals surface area contributed by atoms with E-state index >= 15 is 0 Å². The molecule has 0 aliphatic carbocycles. The normalized spacial score (nSPS) is 10.8. The first-order valence-corrected chi connectivity index (χ1v) is 10.8. The number of amides is 1. The van der Waals surface area contributed by atoms with Crippen LogP contribution in [0.15, 0.2) is 55.6 Å². The molecule has 2 heterocycles. The van der Waals surface area contributed by atoms with Crippen molar-refractivity contribution in [3.8, 4) is 10.8 Å².